The molecular weight excluding hydrogens is 330 g/mol. The smallest absolute Gasteiger partial charge is 0.310 e. The summed E-state index contributed by atoms with van der Waals surface area (Å²) in [6, 6.07) is 5.09. The SMILES string of the molecule is O=C(COC(=O)[C@H]1[C@@H]2C[C@@H]3[C@@H]1C(=O)O[C@@H]3C2)c1ccc([N+](=O)[O-])cc1. The Hall–Kier alpha value is -2.77. The summed E-state index contributed by atoms with van der Waals surface area (Å²) in [7, 11) is 0. The van der Waals surface area contributed by atoms with E-state index in [9.17, 15) is 24.5 Å². The van der Waals surface area contributed by atoms with Gasteiger partial charge in [-0.15, -0.1) is 0 Å². The number of hydrogen-bond acceptors (Lipinski definition) is 7. The monoisotopic (exact) mass is 345 g/mol. The van der Waals surface area contributed by atoms with Crippen molar-refractivity contribution in [3.8, 4) is 0 Å². The van der Waals surface area contributed by atoms with Crippen LogP contribution in [-0.4, -0.2) is 35.4 Å². The molecular formula is C17H15NO7. The molecule has 1 heterocycles. The number of ether oxygens (including phenoxy) is 2. The van der Waals surface area contributed by atoms with Crippen LogP contribution in [0.2, 0.25) is 0 Å². The van der Waals surface area contributed by atoms with E-state index in [0.29, 0.717) is 6.42 Å². The summed E-state index contributed by atoms with van der Waals surface area (Å²) in [5.41, 5.74) is 0.108. The minimum Gasteiger partial charge on any atom is -0.462 e. The van der Waals surface area contributed by atoms with Gasteiger partial charge >= 0.3 is 11.9 Å². The van der Waals surface area contributed by atoms with Crippen molar-refractivity contribution in [3.05, 3.63) is 39.9 Å². The predicted octanol–water partition coefficient (Wildman–Crippen LogP) is 1.52. The number of benzene rings is 1. The third-order valence-electron chi connectivity index (χ3n) is 5.50. The van der Waals surface area contributed by atoms with E-state index in [1.807, 2.05) is 0 Å². The summed E-state index contributed by atoms with van der Waals surface area (Å²) in [5.74, 6) is -2.11. The quantitative estimate of drug-likeness (QED) is 0.344. The second kappa shape index (κ2) is 5.65. The maximum Gasteiger partial charge on any atom is 0.310 e. The van der Waals surface area contributed by atoms with Crippen molar-refractivity contribution in [3.63, 3.8) is 0 Å². The average molecular weight is 345 g/mol. The molecule has 1 saturated heterocycles. The molecule has 0 unspecified atom stereocenters. The Bertz CT molecular complexity index is 770. The van der Waals surface area contributed by atoms with Gasteiger partial charge in [-0.25, -0.2) is 0 Å². The molecule has 0 spiro atoms. The van der Waals surface area contributed by atoms with E-state index in [1.165, 1.54) is 24.3 Å². The fourth-order valence-corrected chi connectivity index (χ4v) is 4.41. The molecule has 1 aromatic rings. The van der Waals surface area contributed by atoms with Gasteiger partial charge in [0.15, 0.2) is 12.4 Å². The number of nitrogens with zero attached hydrogens (tertiary/aromatic N) is 1. The first-order chi connectivity index (χ1) is 12.0. The van der Waals surface area contributed by atoms with E-state index < -0.39 is 35.1 Å². The lowest BCUT2D eigenvalue weighted by molar-refractivity contribution is -0.384. The molecule has 2 aliphatic carbocycles. The molecule has 0 N–H and O–H groups in total. The zero-order chi connectivity index (χ0) is 17.7. The molecule has 0 amide bonds. The first-order valence-electron chi connectivity index (χ1n) is 8.10. The Morgan fingerprint density at radius 1 is 1.24 bits per heavy atom. The normalized spacial score (nSPS) is 31.7. The Morgan fingerprint density at radius 3 is 2.64 bits per heavy atom. The van der Waals surface area contributed by atoms with Crippen LogP contribution in [0, 0.1) is 33.8 Å². The lowest BCUT2D eigenvalue weighted by Gasteiger charge is -2.22. The van der Waals surface area contributed by atoms with Gasteiger partial charge < -0.3 is 9.47 Å². The zero-order valence-corrected chi connectivity index (χ0v) is 13.1. The molecule has 8 heteroatoms. The molecule has 5 atom stereocenters. The second-order valence-corrected chi connectivity index (χ2v) is 6.76. The van der Waals surface area contributed by atoms with E-state index in [0.717, 1.165) is 6.42 Å². The molecule has 0 aromatic heterocycles. The van der Waals surface area contributed by atoms with Crippen LogP contribution in [0.15, 0.2) is 24.3 Å². The Labute approximate surface area is 142 Å². The largest absolute Gasteiger partial charge is 0.462 e. The highest BCUT2D eigenvalue weighted by atomic mass is 16.6. The third-order valence-corrected chi connectivity index (χ3v) is 5.50. The number of nitro groups is 1. The Morgan fingerprint density at radius 2 is 1.96 bits per heavy atom. The van der Waals surface area contributed by atoms with Gasteiger partial charge in [0.2, 0.25) is 0 Å². The van der Waals surface area contributed by atoms with Gasteiger partial charge in [-0.1, -0.05) is 0 Å². The summed E-state index contributed by atoms with van der Waals surface area (Å²) >= 11 is 0. The number of non-ortho nitro benzene ring substituents is 1. The highest BCUT2D eigenvalue weighted by Crippen LogP contribution is 2.57. The standard InChI is InChI=1S/C17H15NO7/c19-12(8-1-3-10(4-2-8)18(22)23)7-24-16(20)14-9-5-11-13(6-9)25-17(21)15(11)14/h1-4,9,11,13-15H,5-7H2/t9-,11+,13-,14+,15+/m1/s1. The minimum atomic E-state index is -0.558. The highest BCUT2D eigenvalue weighted by Gasteiger charge is 2.64. The number of nitro benzene ring substituents is 1. The molecule has 130 valence electrons. The summed E-state index contributed by atoms with van der Waals surface area (Å²) in [5, 5.41) is 10.6. The molecule has 25 heavy (non-hydrogen) atoms. The van der Waals surface area contributed by atoms with Crippen LogP contribution in [-0.2, 0) is 19.1 Å². The molecule has 1 aromatic carbocycles. The van der Waals surface area contributed by atoms with E-state index in [1.54, 1.807) is 0 Å². The van der Waals surface area contributed by atoms with Crippen molar-refractivity contribution in [2.24, 2.45) is 23.7 Å². The van der Waals surface area contributed by atoms with Crippen LogP contribution >= 0.6 is 0 Å². The molecule has 8 nitrogen and oxygen atoms in total. The average Bonchev–Trinajstić information content (AvgIpc) is 3.21. The summed E-state index contributed by atoms with van der Waals surface area (Å²) in [4.78, 5) is 46.4. The van der Waals surface area contributed by atoms with Gasteiger partial charge in [0, 0.05) is 23.6 Å². The predicted molar refractivity (Wildman–Crippen MR) is 81.5 cm³/mol. The van der Waals surface area contributed by atoms with Crippen LogP contribution in [0.3, 0.4) is 0 Å². The maximum absolute atomic E-state index is 12.4. The van der Waals surface area contributed by atoms with Crippen molar-refractivity contribution < 1.29 is 28.8 Å². The number of hydrogen-bond donors (Lipinski definition) is 0. The number of carbonyl (C=O) groups is 3. The fraction of sp³-hybridized carbons (Fsp3) is 0.471. The summed E-state index contributed by atoms with van der Waals surface area (Å²) < 4.78 is 10.4. The van der Waals surface area contributed by atoms with E-state index in [4.69, 9.17) is 9.47 Å². The number of carbonyl (C=O) groups excluding carboxylic acids is 3. The van der Waals surface area contributed by atoms with Gasteiger partial charge in [-0.05, 0) is 30.9 Å². The zero-order valence-electron chi connectivity index (χ0n) is 13.1. The molecule has 4 rings (SSSR count). The number of rotatable bonds is 5. The van der Waals surface area contributed by atoms with Crippen molar-refractivity contribution in [1.82, 2.24) is 0 Å². The number of Topliss-reactive ketones (excluding diaryl/α,β-unsaturated/α-hetero) is 1. The molecule has 3 aliphatic rings. The minimum absolute atomic E-state index is 0.0618. The Balaban J connectivity index is 1.38. The summed E-state index contributed by atoms with van der Waals surface area (Å²) in [6.07, 6.45) is 1.41. The van der Waals surface area contributed by atoms with E-state index >= 15 is 0 Å². The molecule has 2 saturated carbocycles. The molecule has 3 fully saturated rings. The van der Waals surface area contributed by atoms with Crippen molar-refractivity contribution in [2.75, 3.05) is 6.61 Å². The van der Waals surface area contributed by atoms with Gasteiger partial charge in [0.05, 0.1) is 16.8 Å². The van der Waals surface area contributed by atoms with Crippen molar-refractivity contribution in [1.29, 1.82) is 0 Å². The molecule has 0 radical (unpaired) electrons. The third kappa shape index (κ3) is 2.48. The van der Waals surface area contributed by atoms with Crippen LogP contribution in [0.1, 0.15) is 23.2 Å². The first kappa shape index (κ1) is 15.7. The number of esters is 2. The lowest BCUT2D eigenvalue weighted by atomic mass is 9.80. The second-order valence-electron chi connectivity index (χ2n) is 6.76. The summed E-state index contributed by atoms with van der Waals surface area (Å²) in [6.45, 7) is -0.449. The number of ketones is 1. The Kier molecular flexibility index (Phi) is 3.55. The molecule has 2 bridgehead atoms. The first-order valence-corrected chi connectivity index (χ1v) is 8.10. The van der Waals surface area contributed by atoms with Gasteiger partial charge in [0.1, 0.15) is 6.10 Å². The van der Waals surface area contributed by atoms with Crippen LogP contribution in [0.25, 0.3) is 0 Å². The number of fused-ring (bicyclic) bond motifs is 1. The van der Waals surface area contributed by atoms with Gasteiger partial charge in [-0.3, -0.25) is 24.5 Å². The highest BCUT2D eigenvalue weighted by molar-refractivity contribution is 5.98. The van der Waals surface area contributed by atoms with Crippen LogP contribution in [0.4, 0.5) is 5.69 Å². The van der Waals surface area contributed by atoms with Gasteiger partial charge in [-0.2, -0.15) is 0 Å². The van der Waals surface area contributed by atoms with E-state index in [-0.39, 0.29) is 35.2 Å². The maximum atomic E-state index is 12.4. The van der Waals surface area contributed by atoms with Gasteiger partial charge in [0.25, 0.3) is 5.69 Å². The van der Waals surface area contributed by atoms with E-state index in [2.05, 4.69) is 0 Å². The fourth-order valence-electron chi connectivity index (χ4n) is 4.41. The van der Waals surface area contributed by atoms with Crippen LogP contribution < -0.4 is 0 Å². The van der Waals surface area contributed by atoms with Crippen LogP contribution in [0.5, 0.6) is 0 Å². The van der Waals surface area contributed by atoms with Crippen molar-refractivity contribution in [2.45, 2.75) is 18.9 Å². The van der Waals surface area contributed by atoms with Crippen molar-refractivity contribution >= 4 is 23.4 Å². The lowest BCUT2D eigenvalue weighted by Crippen LogP contribution is -2.34. The topological polar surface area (TPSA) is 113 Å². The molecule has 1 aliphatic heterocycles.